The Morgan fingerprint density at radius 3 is 2.48 bits per heavy atom. The second-order valence-corrected chi connectivity index (χ2v) is 6.78. The quantitative estimate of drug-likeness (QED) is 0.378. The van der Waals surface area contributed by atoms with Crippen LogP contribution in [0.2, 0.25) is 0 Å². The van der Waals surface area contributed by atoms with Gasteiger partial charge in [-0.1, -0.05) is 0 Å². The molecule has 1 saturated carbocycles. The van der Waals surface area contributed by atoms with Gasteiger partial charge < -0.3 is 19.7 Å². The van der Waals surface area contributed by atoms with Crippen molar-refractivity contribution < 1.29 is 14.3 Å². The van der Waals surface area contributed by atoms with E-state index < -0.39 is 0 Å². The number of ether oxygens (including phenoxy) is 2. The van der Waals surface area contributed by atoms with Gasteiger partial charge in [-0.25, -0.2) is 0 Å². The van der Waals surface area contributed by atoms with Gasteiger partial charge in [0.15, 0.2) is 5.96 Å². The van der Waals surface area contributed by atoms with Crippen LogP contribution in [0.25, 0.3) is 0 Å². The Morgan fingerprint density at radius 1 is 1.20 bits per heavy atom. The maximum absolute atomic E-state index is 11.7. The molecule has 1 aliphatic heterocycles. The molecule has 0 atom stereocenters. The van der Waals surface area contributed by atoms with Crippen molar-refractivity contribution in [3.8, 4) is 0 Å². The van der Waals surface area contributed by atoms with Gasteiger partial charge in [0.05, 0.1) is 26.2 Å². The van der Waals surface area contributed by atoms with Crippen molar-refractivity contribution in [2.45, 2.75) is 38.6 Å². The highest BCUT2D eigenvalue weighted by Crippen LogP contribution is 2.26. The molecule has 0 aromatic carbocycles. The maximum Gasteiger partial charge on any atom is 0.308 e. The van der Waals surface area contributed by atoms with Crippen LogP contribution in [0.3, 0.4) is 0 Å². The van der Waals surface area contributed by atoms with Crippen LogP contribution in [-0.2, 0) is 14.3 Å². The zero-order valence-electron chi connectivity index (χ0n) is 16.0. The van der Waals surface area contributed by atoms with E-state index in [2.05, 4.69) is 22.0 Å². The summed E-state index contributed by atoms with van der Waals surface area (Å²) in [5, 5.41) is 3.39. The van der Waals surface area contributed by atoms with E-state index in [0.29, 0.717) is 0 Å². The Labute approximate surface area is 151 Å². The molecule has 2 aliphatic rings. The summed E-state index contributed by atoms with van der Waals surface area (Å²) in [6, 6.07) is 0.726. The number of nitrogens with one attached hydrogen (secondary N) is 1. The van der Waals surface area contributed by atoms with Gasteiger partial charge in [-0.2, -0.15) is 0 Å². The van der Waals surface area contributed by atoms with Gasteiger partial charge in [-0.3, -0.25) is 14.7 Å². The molecule has 2 fully saturated rings. The van der Waals surface area contributed by atoms with E-state index in [1.165, 1.54) is 20.0 Å². The van der Waals surface area contributed by atoms with Crippen molar-refractivity contribution in [3.05, 3.63) is 0 Å². The van der Waals surface area contributed by atoms with E-state index in [0.717, 1.165) is 70.7 Å². The third-order valence-corrected chi connectivity index (χ3v) is 4.96. The van der Waals surface area contributed by atoms with E-state index in [4.69, 9.17) is 14.5 Å². The number of hydrogen-bond acceptors (Lipinski definition) is 5. The van der Waals surface area contributed by atoms with Crippen LogP contribution >= 0.6 is 0 Å². The Hall–Kier alpha value is -1.34. The minimum Gasteiger partial charge on any atom is -0.469 e. The van der Waals surface area contributed by atoms with Gasteiger partial charge >= 0.3 is 5.97 Å². The summed E-state index contributed by atoms with van der Waals surface area (Å²) in [4.78, 5) is 21.2. The molecule has 1 saturated heterocycles. The van der Waals surface area contributed by atoms with Crippen LogP contribution in [0, 0.1) is 5.92 Å². The van der Waals surface area contributed by atoms with Gasteiger partial charge in [-0.15, -0.1) is 0 Å². The summed E-state index contributed by atoms with van der Waals surface area (Å²) >= 11 is 0. The van der Waals surface area contributed by atoms with Gasteiger partial charge in [0.2, 0.25) is 0 Å². The lowest BCUT2D eigenvalue weighted by Gasteiger charge is -2.33. The van der Waals surface area contributed by atoms with Crippen LogP contribution in [0.5, 0.6) is 0 Å². The number of nitrogens with zero attached hydrogens (tertiary/aromatic N) is 3. The van der Waals surface area contributed by atoms with Crippen molar-refractivity contribution in [1.29, 1.82) is 0 Å². The number of methoxy groups -OCH3 is 2. The first-order valence-electron chi connectivity index (χ1n) is 9.53. The molecule has 25 heavy (non-hydrogen) atoms. The fourth-order valence-electron chi connectivity index (χ4n) is 3.33. The zero-order valence-corrected chi connectivity index (χ0v) is 16.0. The van der Waals surface area contributed by atoms with E-state index in [1.54, 1.807) is 7.11 Å². The van der Waals surface area contributed by atoms with Gasteiger partial charge in [-0.05, 0) is 32.6 Å². The molecule has 0 aromatic heterocycles. The number of carbonyl (C=O) groups excluding carboxylic acids is 1. The molecule has 0 aromatic rings. The largest absolute Gasteiger partial charge is 0.469 e. The molecule has 0 unspecified atom stereocenters. The highest BCUT2D eigenvalue weighted by Gasteiger charge is 2.29. The molecule has 144 valence electrons. The number of hydrogen-bond donors (Lipinski definition) is 1. The molecule has 0 bridgehead atoms. The molecule has 7 nitrogen and oxygen atoms in total. The first-order chi connectivity index (χ1) is 12.2. The van der Waals surface area contributed by atoms with Crippen LogP contribution in [0.4, 0.5) is 0 Å². The van der Waals surface area contributed by atoms with Crippen LogP contribution in [0.15, 0.2) is 4.99 Å². The monoisotopic (exact) mass is 354 g/mol. The van der Waals surface area contributed by atoms with Gasteiger partial charge in [0, 0.05) is 45.9 Å². The fraction of sp³-hybridized carbons (Fsp3) is 0.889. The minimum absolute atomic E-state index is 0.0310. The van der Waals surface area contributed by atoms with Crippen LogP contribution < -0.4 is 5.32 Å². The molecule has 0 spiro atoms. The lowest BCUT2D eigenvalue weighted by molar-refractivity contribution is -0.146. The summed E-state index contributed by atoms with van der Waals surface area (Å²) in [5.41, 5.74) is 0. The fourth-order valence-corrected chi connectivity index (χ4v) is 3.33. The van der Waals surface area contributed by atoms with Crippen LogP contribution in [-0.4, -0.2) is 87.9 Å². The smallest absolute Gasteiger partial charge is 0.308 e. The molecular weight excluding hydrogens is 320 g/mol. The summed E-state index contributed by atoms with van der Waals surface area (Å²) in [7, 11) is 3.22. The second-order valence-electron chi connectivity index (χ2n) is 6.78. The van der Waals surface area contributed by atoms with Crippen molar-refractivity contribution in [1.82, 2.24) is 15.1 Å². The average Bonchev–Trinajstić information content (AvgIpc) is 3.48. The predicted molar refractivity (Wildman–Crippen MR) is 98.8 cm³/mol. The number of carbonyl (C=O) groups is 1. The van der Waals surface area contributed by atoms with E-state index in [9.17, 15) is 4.79 Å². The number of rotatable bonds is 9. The summed E-state index contributed by atoms with van der Waals surface area (Å²) in [6.07, 6.45) is 4.27. The lowest BCUT2D eigenvalue weighted by Crippen LogP contribution is -2.47. The zero-order chi connectivity index (χ0) is 18.1. The molecule has 2 rings (SSSR count). The topological polar surface area (TPSA) is 66.4 Å². The highest BCUT2D eigenvalue weighted by molar-refractivity contribution is 5.80. The Bertz CT molecular complexity index is 432. The minimum atomic E-state index is -0.0835. The van der Waals surface area contributed by atoms with Crippen LogP contribution in [0.1, 0.15) is 32.6 Å². The number of likely N-dealkylation sites (tertiary alicyclic amines) is 1. The number of aliphatic imine (C=N–C) groups is 1. The molecule has 7 heteroatoms. The van der Waals surface area contributed by atoms with Gasteiger partial charge in [0.1, 0.15) is 0 Å². The predicted octanol–water partition coefficient (Wildman–Crippen LogP) is 0.948. The number of guanidine groups is 1. The SMILES string of the molecule is CCNC(=NCCN(CCOC)C1CC1)N1CCC(C(=O)OC)CC1. The first-order valence-corrected chi connectivity index (χ1v) is 9.53. The van der Waals surface area contributed by atoms with E-state index >= 15 is 0 Å². The Morgan fingerprint density at radius 2 is 1.92 bits per heavy atom. The summed E-state index contributed by atoms with van der Waals surface area (Å²) in [5.74, 6) is 0.914. The number of piperidine rings is 1. The molecular formula is C18H34N4O3. The van der Waals surface area contributed by atoms with Crippen molar-refractivity contribution in [3.63, 3.8) is 0 Å². The van der Waals surface area contributed by atoms with Crippen molar-refractivity contribution >= 4 is 11.9 Å². The Kier molecular flexibility index (Phi) is 8.48. The summed E-state index contributed by atoms with van der Waals surface area (Å²) in [6.45, 7) is 8.17. The van der Waals surface area contributed by atoms with E-state index in [1.807, 2.05) is 0 Å². The van der Waals surface area contributed by atoms with Gasteiger partial charge in [0.25, 0.3) is 0 Å². The molecule has 0 amide bonds. The number of esters is 1. The first kappa shape index (κ1) is 20.0. The molecule has 1 N–H and O–H groups in total. The molecule has 0 radical (unpaired) electrons. The van der Waals surface area contributed by atoms with Crippen molar-refractivity contribution in [2.24, 2.45) is 10.9 Å². The van der Waals surface area contributed by atoms with E-state index in [-0.39, 0.29) is 11.9 Å². The third-order valence-electron chi connectivity index (χ3n) is 4.96. The third kappa shape index (κ3) is 6.47. The molecule has 1 aliphatic carbocycles. The Balaban J connectivity index is 1.82. The highest BCUT2D eigenvalue weighted by atomic mass is 16.5. The second kappa shape index (κ2) is 10.6. The summed E-state index contributed by atoms with van der Waals surface area (Å²) < 4.78 is 10.1. The lowest BCUT2D eigenvalue weighted by atomic mass is 9.97. The normalized spacial score (nSPS) is 19.4. The standard InChI is InChI=1S/C18H34N4O3/c1-4-19-18(22-10-7-15(8-11-22)17(23)25-3)20-9-12-21(13-14-24-2)16-5-6-16/h15-16H,4-14H2,1-3H3,(H,19,20). The average molecular weight is 354 g/mol. The van der Waals surface area contributed by atoms with Crippen molar-refractivity contribution in [2.75, 3.05) is 60.1 Å². The maximum atomic E-state index is 11.7. The molecule has 1 heterocycles.